The molecule has 0 bridgehead atoms. The highest BCUT2D eigenvalue weighted by atomic mass is 32.2. The van der Waals surface area contributed by atoms with Crippen LogP contribution in [0.3, 0.4) is 0 Å². The third-order valence-corrected chi connectivity index (χ3v) is 6.36. The van der Waals surface area contributed by atoms with E-state index in [4.69, 9.17) is 4.42 Å². The van der Waals surface area contributed by atoms with Crippen molar-refractivity contribution in [3.05, 3.63) is 84.4 Å². The highest BCUT2D eigenvalue weighted by molar-refractivity contribution is 7.92. The van der Waals surface area contributed by atoms with E-state index < -0.39 is 10.0 Å². The predicted molar refractivity (Wildman–Crippen MR) is 112 cm³/mol. The Bertz CT molecular complexity index is 1230. The number of rotatable bonds is 5. The van der Waals surface area contributed by atoms with E-state index in [0.717, 1.165) is 11.1 Å². The van der Waals surface area contributed by atoms with Crippen molar-refractivity contribution in [1.82, 2.24) is 10.2 Å². The number of benzene rings is 3. The molecule has 0 aliphatic rings. The maximum absolute atomic E-state index is 13.0. The first-order valence-electron chi connectivity index (χ1n) is 9.00. The number of aryl methyl sites for hydroxylation is 1. The summed E-state index contributed by atoms with van der Waals surface area (Å²) in [6, 6.07) is 23.2. The van der Waals surface area contributed by atoms with Crippen LogP contribution >= 0.6 is 0 Å². The smallest absolute Gasteiger partial charge is 0.264 e. The van der Waals surface area contributed by atoms with Crippen LogP contribution in [0.15, 0.2) is 88.2 Å². The average Bonchev–Trinajstić information content (AvgIpc) is 3.25. The number of sulfonamides is 1. The normalized spacial score (nSPS) is 11.4. The van der Waals surface area contributed by atoms with Crippen molar-refractivity contribution in [2.45, 2.75) is 11.8 Å². The Balaban J connectivity index is 1.67. The lowest BCUT2D eigenvalue weighted by molar-refractivity contribution is 0.584. The number of hydrogen-bond acceptors (Lipinski definition) is 5. The summed E-state index contributed by atoms with van der Waals surface area (Å²) in [5.41, 5.74) is 3.06. The lowest BCUT2D eigenvalue weighted by atomic mass is 10.1. The van der Waals surface area contributed by atoms with E-state index in [1.807, 2.05) is 37.3 Å². The van der Waals surface area contributed by atoms with Gasteiger partial charge in [-0.2, -0.15) is 0 Å². The third kappa shape index (κ3) is 3.77. The minimum atomic E-state index is -3.73. The first kappa shape index (κ1) is 18.9. The molecule has 0 atom stereocenters. The molecule has 0 aliphatic carbocycles. The molecule has 0 saturated carbocycles. The van der Waals surface area contributed by atoms with Gasteiger partial charge in [-0.05, 0) is 49.4 Å². The van der Waals surface area contributed by atoms with Crippen LogP contribution in [0.25, 0.3) is 22.9 Å². The zero-order valence-corrected chi connectivity index (χ0v) is 16.8. The molecule has 1 aromatic heterocycles. The summed E-state index contributed by atoms with van der Waals surface area (Å²) in [5.74, 6) is 0.648. The van der Waals surface area contributed by atoms with Crippen molar-refractivity contribution in [3.8, 4) is 22.9 Å². The molecule has 0 spiro atoms. The van der Waals surface area contributed by atoms with Gasteiger partial charge in [0.1, 0.15) is 0 Å². The molecule has 0 amide bonds. The van der Waals surface area contributed by atoms with Crippen LogP contribution in [0.2, 0.25) is 0 Å². The Kier molecular flexibility index (Phi) is 4.90. The molecule has 0 fully saturated rings. The largest absolute Gasteiger partial charge is 0.416 e. The van der Waals surface area contributed by atoms with Crippen LogP contribution in [-0.2, 0) is 10.0 Å². The Morgan fingerprint density at radius 3 is 2.14 bits per heavy atom. The molecular formula is C22H19N3O3S. The second-order valence-electron chi connectivity index (χ2n) is 6.61. The fourth-order valence-electron chi connectivity index (χ4n) is 2.88. The van der Waals surface area contributed by atoms with Gasteiger partial charge >= 0.3 is 0 Å². The molecule has 4 aromatic rings. The minimum absolute atomic E-state index is 0.149. The van der Waals surface area contributed by atoms with Gasteiger partial charge in [0.25, 0.3) is 10.0 Å². The van der Waals surface area contributed by atoms with Gasteiger partial charge in [0.15, 0.2) is 0 Å². The SMILES string of the molecule is Cc1ccc(-c2nnc(-c3cccc(S(=O)(=O)N(C)c4ccccc4)c3)o2)cc1. The Labute approximate surface area is 169 Å². The van der Waals surface area contributed by atoms with Gasteiger partial charge in [-0.1, -0.05) is 42.0 Å². The summed E-state index contributed by atoms with van der Waals surface area (Å²) in [4.78, 5) is 0.149. The number of nitrogens with zero attached hydrogens (tertiary/aromatic N) is 3. The van der Waals surface area contributed by atoms with E-state index in [-0.39, 0.29) is 10.8 Å². The van der Waals surface area contributed by atoms with E-state index in [9.17, 15) is 8.42 Å². The molecule has 0 unspecified atom stereocenters. The molecule has 0 aliphatic heterocycles. The highest BCUT2D eigenvalue weighted by Gasteiger charge is 2.22. The number of anilines is 1. The van der Waals surface area contributed by atoms with Crippen LogP contribution in [0.5, 0.6) is 0 Å². The van der Waals surface area contributed by atoms with E-state index >= 15 is 0 Å². The fraction of sp³-hybridized carbons (Fsp3) is 0.0909. The predicted octanol–water partition coefficient (Wildman–Crippen LogP) is 4.54. The van der Waals surface area contributed by atoms with Crippen LogP contribution in [0.1, 0.15) is 5.56 Å². The second kappa shape index (κ2) is 7.52. The van der Waals surface area contributed by atoms with E-state index in [2.05, 4.69) is 10.2 Å². The molecule has 4 rings (SSSR count). The first-order valence-corrected chi connectivity index (χ1v) is 10.4. The zero-order valence-electron chi connectivity index (χ0n) is 16.0. The number of para-hydroxylation sites is 1. The standard InChI is InChI=1S/C22H19N3O3S/c1-16-11-13-17(14-12-16)21-23-24-22(28-21)18-7-6-10-20(15-18)29(26,27)25(2)19-8-4-3-5-9-19/h3-15H,1-2H3. The summed E-state index contributed by atoms with van der Waals surface area (Å²) in [5, 5.41) is 8.18. The van der Waals surface area contributed by atoms with Crippen molar-refractivity contribution in [2.24, 2.45) is 0 Å². The van der Waals surface area contributed by atoms with Crippen molar-refractivity contribution in [2.75, 3.05) is 11.4 Å². The highest BCUT2D eigenvalue weighted by Crippen LogP contribution is 2.28. The lowest BCUT2D eigenvalue weighted by Crippen LogP contribution is -2.26. The molecule has 0 radical (unpaired) electrons. The van der Waals surface area contributed by atoms with Gasteiger partial charge < -0.3 is 4.42 Å². The maximum atomic E-state index is 13.0. The van der Waals surface area contributed by atoms with E-state index in [0.29, 0.717) is 17.1 Å². The molecule has 0 N–H and O–H groups in total. The quantitative estimate of drug-likeness (QED) is 0.487. The molecular weight excluding hydrogens is 386 g/mol. The first-order chi connectivity index (χ1) is 13.9. The van der Waals surface area contributed by atoms with E-state index in [1.54, 1.807) is 48.5 Å². The molecule has 3 aromatic carbocycles. The van der Waals surface area contributed by atoms with Gasteiger partial charge in [-0.15, -0.1) is 10.2 Å². The fourth-order valence-corrected chi connectivity index (χ4v) is 4.12. The van der Waals surface area contributed by atoms with Crippen molar-refractivity contribution in [1.29, 1.82) is 0 Å². The summed E-state index contributed by atoms with van der Waals surface area (Å²) in [7, 11) is -2.20. The molecule has 7 heteroatoms. The van der Waals surface area contributed by atoms with Gasteiger partial charge in [-0.3, -0.25) is 4.31 Å². The van der Waals surface area contributed by atoms with Gasteiger partial charge in [0.2, 0.25) is 11.8 Å². The summed E-state index contributed by atoms with van der Waals surface area (Å²) in [6.45, 7) is 2.00. The van der Waals surface area contributed by atoms with Gasteiger partial charge in [0.05, 0.1) is 10.6 Å². The molecule has 0 saturated heterocycles. The number of hydrogen-bond donors (Lipinski definition) is 0. The summed E-state index contributed by atoms with van der Waals surface area (Å²) < 4.78 is 33.1. The maximum Gasteiger partial charge on any atom is 0.264 e. The van der Waals surface area contributed by atoms with Crippen molar-refractivity contribution >= 4 is 15.7 Å². The second-order valence-corrected chi connectivity index (χ2v) is 8.58. The summed E-state index contributed by atoms with van der Waals surface area (Å²) >= 11 is 0. The van der Waals surface area contributed by atoms with E-state index in [1.165, 1.54) is 11.4 Å². The average molecular weight is 405 g/mol. The van der Waals surface area contributed by atoms with Crippen LogP contribution in [0, 0.1) is 6.92 Å². The van der Waals surface area contributed by atoms with Crippen LogP contribution < -0.4 is 4.31 Å². The van der Waals surface area contributed by atoms with Crippen LogP contribution in [-0.4, -0.2) is 25.7 Å². The van der Waals surface area contributed by atoms with Gasteiger partial charge in [-0.25, -0.2) is 8.42 Å². The number of aromatic nitrogens is 2. The minimum Gasteiger partial charge on any atom is -0.416 e. The van der Waals surface area contributed by atoms with Crippen molar-refractivity contribution < 1.29 is 12.8 Å². The molecule has 146 valence electrons. The van der Waals surface area contributed by atoms with Gasteiger partial charge in [0, 0.05) is 18.2 Å². The molecule has 29 heavy (non-hydrogen) atoms. The van der Waals surface area contributed by atoms with Crippen LogP contribution in [0.4, 0.5) is 5.69 Å². The Morgan fingerprint density at radius 2 is 1.45 bits per heavy atom. The summed E-state index contributed by atoms with van der Waals surface area (Å²) in [6.07, 6.45) is 0. The monoisotopic (exact) mass is 405 g/mol. The Hall–Kier alpha value is -3.45. The van der Waals surface area contributed by atoms with Crippen molar-refractivity contribution in [3.63, 3.8) is 0 Å². The zero-order chi connectivity index (χ0) is 20.4. The Morgan fingerprint density at radius 1 is 0.793 bits per heavy atom. The topological polar surface area (TPSA) is 76.3 Å². The third-order valence-electron chi connectivity index (χ3n) is 4.58. The lowest BCUT2D eigenvalue weighted by Gasteiger charge is -2.19. The molecule has 1 heterocycles. The molecule has 6 nitrogen and oxygen atoms in total.